The molecule has 3 rings (SSSR count). The molecule has 1 aliphatic heterocycles. The standard InChI is InChI=1S/C16H19NO2/c1-11-12-7-6-8-13(19-3)14(12)17(2)15(18)16(11)9-4-5-10-16/h6-8H,1,4-5,9-10H2,2-3H3. The number of benzene rings is 1. The van der Waals surface area contributed by atoms with E-state index in [4.69, 9.17) is 4.74 Å². The van der Waals surface area contributed by atoms with Crippen molar-refractivity contribution in [2.45, 2.75) is 25.7 Å². The maximum atomic E-state index is 12.8. The Kier molecular flexibility index (Phi) is 2.66. The number of carbonyl (C=O) groups excluding carboxylic acids is 1. The maximum Gasteiger partial charge on any atom is 0.237 e. The van der Waals surface area contributed by atoms with Gasteiger partial charge in [0.25, 0.3) is 0 Å². The number of hydrogen-bond donors (Lipinski definition) is 0. The third-order valence-electron chi connectivity index (χ3n) is 4.63. The van der Waals surface area contributed by atoms with Crippen LogP contribution in [0.2, 0.25) is 0 Å². The Morgan fingerprint density at radius 1 is 1.32 bits per heavy atom. The molecule has 100 valence electrons. The summed E-state index contributed by atoms with van der Waals surface area (Å²) >= 11 is 0. The Bertz CT molecular complexity index is 556. The fourth-order valence-electron chi connectivity index (χ4n) is 3.58. The number of methoxy groups -OCH3 is 1. The van der Waals surface area contributed by atoms with Gasteiger partial charge in [0.1, 0.15) is 5.75 Å². The molecule has 1 saturated carbocycles. The number of rotatable bonds is 1. The first kappa shape index (κ1) is 12.3. The molecule has 1 heterocycles. The van der Waals surface area contributed by atoms with Crippen molar-refractivity contribution in [3.8, 4) is 5.75 Å². The zero-order valence-electron chi connectivity index (χ0n) is 11.5. The first-order chi connectivity index (χ1) is 9.12. The molecule has 0 atom stereocenters. The van der Waals surface area contributed by atoms with Gasteiger partial charge in [0, 0.05) is 12.6 Å². The van der Waals surface area contributed by atoms with Crippen LogP contribution < -0.4 is 9.64 Å². The second kappa shape index (κ2) is 4.12. The van der Waals surface area contributed by atoms with E-state index in [0.717, 1.165) is 48.3 Å². The molecule has 0 bridgehead atoms. The number of nitrogens with zero attached hydrogens (tertiary/aromatic N) is 1. The van der Waals surface area contributed by atoms with Crippen LogP contribution in [-0.2, 0) is 4.79 Å². The molecule has 0 N–H and O–H groups in total. The average Bonchev–Trinajstić information content (AvgIpc) is 2.93. The lowest BCUT2D eigenvalue weighted by atomic mass is 9.72. The number of carbonyl (C=O) groups is 1. The number of para-hydroxylation sites is 1. The molecule has 1 spiro atoms. The number of anilines is 1. The molecule has 0 saturated heterocycles. The van der Waals surface area contributed by atoms with Crippen molar-refractivity contribution < 1.29 is 9.53 Å². The minimum atomic E-state index is -0.367. The fraction of sp³-hybridized carbons (Fsp3) is 0.438. The summed E-state index contributed by atoms with van der Waals surface area (Å²) in [6.07, 6.45) is 4.06. The van der Waals surface area contributed by atoms with Gasteiger partial charge in [-0.3, -0.25) is 4.79 Å². The lowest BCUT2D eigenvalue weighted by molar-refractivity contribution is -0.125. The molecular weight excluding hydrogens is 238 g/mol. The van der Waals surface area contributed by atoms with Gasteiger partial charge in [-0.15, -0.1) is 0 Å². The minimum absolute atomic E-state index is 0.173. The third-order valence-corrected chi connectivity index (χ3v) is 4.63. The predicted molar refractivity (Wildman–Crippen MR) is 76.3 cm³/mol. The molecule has 1 fully saturated rings. The van der Waals surface area contributed by atoms with E-state index < -0.39 is 0 Å². The molecule has 1 aliphatic carbocycles. The highest BCUT2D eigenvalue weighted by Gasteiger charge is 2.49. The molecular formula is C16H19NO2. The summed E-state index contributed by atoms with van der Waals surface area (Å²) in [6.45, 7) is 4.25. The van der Waals surface area contributed by atoms with Crippen LogP contribution in [0.4, 0.5) is 5.69 Å². The van der Waals surface area contributed by atoms with E-state index in [0.29, 0.717) is 0 Å². The van der Waals surface area contributed by atoms with E-state index >= 15 is 0 Å². The molecule has 3 heteroatoms. The van der Waals surface area contributed by atoms with Gasteiger partial charge in [-0.1, -0.05) is 31.6 Å². The van der Waals surface area contributed by atoms with Crippen molar-refractivity contribution >= 4 is 17.2 Å². The van der Waals surface area contributed by atoms with Crippen molar-refractivity contribution in [1.29, 1.82) is 0 Å². The maximum absolute atomic E-state index is 12.8. The Morgan fingerprint density at radius 3 is 2.63 bits per heavy atom. The Morgan fingerprint density at radius 2 is 2.00 bits per heavy atom. The topological polar surface area (TPSA) is 29.5 Å². The van der Waals surface area contributed by atoms with Crippen LogP contribution in [-0.4, -0.2) is 20.1 Å². The van der Waals surface area contributed by atoms with E-state index in [2.05, 4.69) is 6.58 Å². The second-order valence-corrected chi connectivity index (χ2v) is 5.49. The Labute approximate surface area is 113 Å². The van der Waals surface area contributed by atoms with Crippen LogP contribution >= 0.6 is 0 Å². The van der Waals surface area contributed by atoms with Gasteiger partial charge in [0.2, 0.25) is 5.91 Å². The molecule has 2 aliphatic rings. The van der Waals surface area contributed by atoms with Crippen LogP contribution in [0.3, 0.4) is 0 Å². The Hall–Kier alpha value is -1.77. The van der Waals surface area contributed by atoms with Crippen LogP contribution in [0.1, 0.15) is 31.2 Å². The number of ether oxygens (including phenoxy) is 1. The summed E-state index contributed by atoms with van der Waals surface area (Å²) < 4.78 is 5.40. The van der Waals surface area contributed by atoms with E-state index in [1.807, 2.05) is 25.2 Å². The summed E-state index contributed by atoms with van der Waals surface area (Å²) in [5.41, 5.74) is 2.52. The van der Waals surface area contributed by atoms with Crippen molar-refractivity contribution in [3.63, 3.8) is 0 Å². The van der Waals surface area contributed by atoms with Crippen molar-refractivity contribution in [3.05, 3.63) is 30.3 Å². The van der Waals surface area contributed by atoms with E-state index in [-0.39, 0.29) is 11.3 Å². The molecule has 0 aromatic heterocycles. The minimum Gasteiger partial charge on any atom is -0.495 e. The summed E-state index contributed by atoms with van der Waals surface area (Å²) in [7, 11) is 3.48. The lowest BCUT2D eigenvalue weighted by Crippen LogP contribution is -2.45. The smallest absolute Gasteiger partial charge is 0.237 e. The van der Waals surface area contributed by atoms with Gasteiger partial charge in [-0.2, -0.15) is 0 Å². The SMILES string of the molecule is C=C1c2cccc(OC)c2N(C)C(=O)C12CCCC2. The molecule has 1 amide bonds. The van der Waals surface area contributed by atoms with Crippen LogP contribution in [0.25, 0.3) is 5.57 Å². The number of fused-ring (bicyclic) bond motifs is 1. The zero-order chi connectivity index (χ0) is 13.6. The van der Waals surface area contributed by atoms with Gasteiger partial charge in [0.15, 0.2) is 0 Å². The predicted octanol–water partition coefficient (Wildman–Crippen LogP) is 3.25. The molecule has 19 heavy (non-hydrogen) atoms. The van der Waals surface area contributed by atoms with Gasteiger partial charge in [-0.05, 0) is 24.5 Å². The second-order valence-electron chi connectivity index (χ2n) is 5.49. The summed E-state index contributed by atoms with van der Waals surface area (Å²) in [5, 5.41) is 0. The summed E-state index contributed by atoms with van der Waals surface area (Å²) in [5.74, 6) is 0.911. The monoisotopic (exact) mass is 257 g/mol. The quantitative estimate of drug-likeness (QED) is 0.773. The largest absolute Gasteiger partial charge is 0.495 e. The van der Waals surface area contributed by atoms with Crippen molar-refractivity contribution in [1.82, 2.24) is 0 Å². The fourth-order valence-corrected chi connectivity index (χ4v) is 3.58. The molecule has 0 radical (unpaired) electrons. The van der Waals surface area contributed by atoms with Gasteiger partial charge in [0.05, 0.1) is 18.2 Å². The highest BCUT2D eigenvalue weighted by atomic mass is 16.5. The van der Waals surface area contributed by atoms with Gasteiger partial charge >= 0.3 is 0 Å². The third kappa shape index (κ3) is 1.47. The van der Waals surface area contributed by atoms with E-state index in [9.17, 15) is 4.79 Å². The van der Waals surface area contributed by atoms with Crippen molar-refractivity contribution in [2.75, 3.05) is 19.1 Å². The average molecular weight is 257 g/mol. The normalized spacial score (nSPS) is 20.8. The van der Waals surface area contributed by atoms with Crippen LogP contribution in [0.15, 0.2) is 24.8 Å². The highest BCUT2D eigenvalue weighted by molar-refractivity contribution is 6.12. The molecule has 1 aromatic rings. The number of amides is 1. The van der Waals surface area contributed by atoms with E-state index in [1.54, 1.807) is 12.0 Å². The molecule has 0 unspecified atom stereocenters. The number of hydrogen-bond acceptors (Lipinski definition) is 2. The van der Waals surface area contributed by atoms with E-state index in [1.165, 1.54) is 0 Å². The van der Waals surface area contributed by atoms with Gasteiger partial charge < -0.3 is 9.64 Å². The zero-order valence-corrected chi connectivity index (χ0v) is 11.5. The first-order valence-electron chi connectivity index (χ1n) is 6.77. The van der Waals surface area contributed by atoms with Crippen LogP contribution in [0.5, 0.6) is 5.75 Å². The van der Waals surface area contributed by atoms with Crippen LogP contribution in [0, 0.1) is 5.41 Å². The van der Waals surface area contributed by atoms with Gasteiger partial charge in [-0.25, -0.2) is 0 Å². The molecule has 3 nitrogen and oxygen atoms in total. The highest BCUT2D eigenvalue weighted by Crippen LogP contribution is 2.55. The Balaban J connectivity index is 2.22. The summed E-state index contributed by atoms with van der Waals surface area (Å²) in [6, 6.07) is 5.90. The molecule has 1 aromatic carbocycles. The lowest BCUT2D eigenvalue weighted by Gasteiger charge is -2.41. The van der Waals surface area contributed by atoms with Crippen molar-refractivity contribution in [2.24, 2.45) is 5.41 Å². The summed E-state index contributed by atoms with van der Waals surface area (Å²) in [4.78, 5) is 14.6. The first-order valence-corrected chi connectivity index (χ1v) is 6.77.